The van der Waals surface area contributed by atoms with Crippen molar-refractivity contribution in [1.82, 2.24) is 14.5 Å². The van der Waals surface area contributed by atoms with Gasteiger partial charge in [0.05, 0.1) is 17.1 Å². The number of aryl methyl sites for hydroxylation is 1. The SMILES string of the molecule is Cc1ccc(-n2c([C@@H](C)N)nc3ncccc3c2=O)cc1. The maximum Gasteiger partial charge on any atom is 0.267 e. The van der Waals surface area contributed by atoms with Crippen LogP contribution in [0.15, 0.2) is 47.4 Å². The molecule has 3 rings (SSSR count). The number of benzene rings is 1. The Balaban J connectivity index is 2.39. The first kappa shape index (κ1) is 13.5. The molecule has 0 amide bonds. The highest BCUT2D eigenvalue weighted by Crippen LogP contribution is 2.16. The third kappa shape index (κ3) is 2.32. The molecule has 3 aromatic rings. The number of hydrogen-bond donors (Lipinski definition) is 1. The standard InChI is InChI=1S/C16H16N4O/c1-10-5-7-12(8-6-10)20-15(11(2)17)19-14-13(16(20)21)4-3-9-18-14/h3-9,11H,17H2,1-2H3/t11-/m1/s1. The molecule has 1 aromatic carbocycles. The van der Waals surface area contributed by atoms with E-state index in [4.69, 9.17) is 5.73 Å². The van der Waals surface area contributed by atoms with Crippen LogP contribution in [0.4, 0.5) is 0 Å². The molecule has 0 aliphatic heterocycles. The van der Waals surface area contributed by atoms with Gasteiger partial charge in [0.2, 0.25) is 0 Å². The smallest absolute Gasteiger partial charge is 0.267 e. The second-order valence-corrected chi connectivity index (χ2v) is 5.11. The lowest BCUT2D eigenvalue weighted by Gasteiger charge is -2.15. The molecule has 2 heterocycles. The summed E-state index contributed by atoms with van der Waals surface area (Å²) >= 11 is 0. The van der Waals surface area contributed by atoms with E-state index in [1.54, 1.807) is 29.8 Å². The van der Waals surface area contributed by atoms with Gasteiger partial charge in [0, 0.05) is 6.20 Å². The molecule has 0 spiro atoms. The Bertz CT molecular complexity index is 850. The molecule has 0 radical (unpaired) electrons. The van der Waals surface area contributed by atoms with E-state index in [-0.39, 0.29) is 11.6 Å². The summed E-state index contributed by atoms with van der Waals surface area (Å²) in [7, 11) is 0. The predicted molar refractivity (Wildman–Crippen MR) is 82.5 cm³/mol. The molecule has 106 valence electrons. The van der Waals surface area contributed by atoms with E-state index in [0.717, 1.165) is 11.3 Å². The maximum absolute atomic E-state index is 12.8. The summed E-state index contributed by atoms with van der Waals surface area (Å²) in [6.07, 6.45) is 1.62. The molecule has 2 N–H and O–H groups in total. The summed E-state index contributed by atoms with van der Waals surface area (Å²) in [5.74, 6) is 0.509. The van der Waals surface area contributed by atoms with Crippen molar-refractivity contribution in [3.8, 4) is 5.69 Å². The minimum Gasteiger partial charge on any atom is -0.322 e. The molecule has 21 heavy (non-hydrogen) atoms. The van der Waals surface area contributed by atoms with Crippen LogP contribution in [-0.2, 0) is 0 Å². The molecular weight excluding hydrogens is 264 g/mol. The number of hydrogen-bond acceptors (Lipinski definition) is 4. The van der Waals surface area contributed by atoms with E-state index in [0.29, 0.717) is 16.9 Å². The minimum atomic E-state index is -0.370. The minimum absolute atomic E-state index is 0.149. The molecule has 5 heteroatoms. The summed E-state index contributed by atoms with van der Waals surface area (Å²) in [6.45, 7) is 3.81. The number of pyridine rings is 1. The maximum atomic E-state index is 12.8. The van der Waals surface area contributed by atoms with E-state index in [2.05, 4.69) is 9.97 Å². The average Bonchev–Trinajstić information content (AvgIpc) is 2.48. The van der Waals surface area contributed by atoms with Gasteiger partial charge in [-0.2, -0.15) is 0 Å². The fourth-order valence-corrected chi connectivity index (χ4v) is 2.28. The van der Waals surface area contributed by atoms with Crippen molar-refractivity contribution in [2.45, 2.75) is 19.9 Å². The van der Waals surface area contributed by atoms with Crippen LogP contribution in [0, 0.1) is 6.92 Å². The fourth-order valence-electron chi connectivity index (χ4n) is 2.28. The Morgan fingerprint density at radius 1 is 1.19 bits per heavy atom. The predicted octanol–water partition coefficient (Wildman–Crippen LogP) is 2.11. The van der Waals surface area contributed by atoms with Crippen LogP contribution in [-0.4, -0.2) is 14.5 Å². The second-order valence-electron chi connectivity index (χ2n) is 5.11. The van der Waals surface area contributed by atoms with Crippen LogP contribution in [0.1, 0.15) is 24.4 Å². The van der Waals surface area contributed by atoms with Crippen LogP contribution < -0.4 is 11.3 Å². The van der Waals surface area contributed by atoms with Crippen LogP contribution in [0.3, 0.4) is 0 Å². The lowest BCUT2D eigenvalue weighted by molar-refractivity contribution is 0.694. The van der Waals surface area contributed by atoms with Crippen molar-refractivity contribution in [1.29, 1.82) is 0 Å². The second kappa shape index (κ2) is 5.10. The van der Waals surface area contributed by atoms with Gasteiger partial charge < -0.3 is 5.73 Å². The normalized spacial score (nSPS) is 12.5. The van der Waals surface area contributed by atoms with Crippen LogP contribution in [0.25, 0.3) is 16.7 Å². The van der Waals surface area contributed by atoms with Gasteiger partial charge in [-0.05, 0) is 38.1 Å². The van der Waals surface area contributed by atoms with Crippen molar-refractivity contribution >= 4 is 11.0 Å². The van der Waals surface area contributed by atoms with E-state index in [9.17, 15) is 4.79 Å². The Morgan fingerprint density at radius 3 is 2.57 bits per heavy atom. The van der Waals surface area contributed by atoms with Crippen LogP contribution in [0.5, 0.6) is 0 Å². The van der Waals surface area contributed by atoms with Gasteiger partial charge in [0.15, 0.2) is 5.65 Å². The first-order chi connectivity index (χ1) is 10.1. The van der Waals surface area contributed by atoms with Crippen molar-refractivity contribution in [3.05, 3.63) is 64.3 Å². The van der Waals surface area contributed by atoms with Gasteiger partial charge in [-0.3, -0.25) is 9.36 Å². The highest BCUT2D eigenvalue weighted by atomic mass is 16.1. The number of nitrogens with zero attached hydrogens (tertiary/aromatic N) is 3. The molecule has 0 bridgehead atoms. The zero-order valence-corrected chi connectivity index (χ0v) is 11.9. The molecule has 5 nitrogen and oxygen atoms in total. The van der Waals surface area contributed by atoms with Gasteiger partial charge in [-0.25, -0.2) is 9.97 Å². The number of rotatable bonds is 2. The van der Waals surface area contributed by atoms with Gasteiger partial charge in [-0.15, -0.1) is 0 Å². The van der Waals surface area contributed by atoms with Crippen molar-refractivity contribution in [2.75, 3.05) is 0 Å². The van der Waals surface area contributed by atoms with Crippen molar-refractivity contribution in [3.63, 3.8) is 0 Å². The monoisotopic (exact) mass is 280 g/mol. The van der Waals surface area contributed by atoms with E-state index in [1.807, 2.05) is 31.2 Å². The van der Waals surface area contributed by atoms with Gasteiger partial charge in [-0.1, -0.05) is 17.7 Å². The molecule has 0 saturated carbocycles. The average molecular weight is 280 g/mol. The molecule has 0 saturated heterocycles. The fraction of sp³-hybridized carbons (Fsp3) is 0.188. The molecule has 0 fully saturated rings. The van der Waals surface area contributed by atoms with E-state index >= 15 is 0 Å². The van der Waals surface area contributed by atoms with E-state index in [1.165, 1.54) is 0 Å². The molecule has 1 atom stereocenters. The summed E-state index contributed by atoms with van der Waals surface area (Å²) in [6, 6.07) is 10.8. The Kier molecular flexibility index (Phi) is 3.27. The van der Waals surface area contributed by atoms with Gasteiger partial charge >= 0.3 is 0 Å². The molecule has 2 aromatic heterocycles. The largest absolute Gasteiger partial charge is 0.322 e. The van der Waals surface area contributed by atoms with Crippen LogP contribution >= 0.6 is 0 Å². The quantitative estimate of drug-likeness (QED) is 0.780. The zero-order chi connectivity index (χ0) is 15.0. The highest BCUT2D eigenvalue weighted by molar-refractivity contribution is 5.73. The van der Waals surface area contributed by atoms with Gasteiger partial charge in [0.1, 0.15) is 5.82 Å². The topological polar surface area (TPSA) is 73.8 Å². The third-order valence-corrected chi connectivity index (χ3v) is 3.37. The summed E-state index contributed by atoms with van der Waals surface area (Å²) in [5, 5.41) is 0.488. The Hall–Kier alpha value is -2.53. The molecule has 0 aliphatic rings. The Labute approximate surface area is 122 Å². The number of aromatic nitrogens is 3. The van der Waals surface area contributed by atoms with Gasteiger partial charge in [0.25, 0.3) is 5.56 Å². The Morgan fingerprint density at radius 2 is 1.90 bits per heavy atom. The van der Waals surface area contributed by atoms with Crippen molar-refractivity contribution < 1.29 is 0 Å². The highest BCUT2D eigenvalue weighted by Gasteiger charge is 2.15. The van der Waals surface area contributed by atoms with Crippen molar-refractivity contribution in [2.24, 2.45) is 5.73 Å². The molecule has 0 unspecified atom stereocenters. The zero-order valence-electron chi connectivity index (χ0n) is 11.9. The first-order valence-corrected chi connectivity index (χ1v) is 6.78. The lowest BCUT2D eigenvalue weighted by Crippen LogP contribution is -2.27. The number of fused-ring (bicyclic) bond motifs is 1. The summed E-state index contributed by atoms with van der Waals surface area (Å²) in [4.78, 5) is 21.4. The summed E-state index contributed by atoms with van der Waals surface area (Å²) < 4.78 is 1.56. The lowest BCUT2D eigenvalue weighted by atomic mass is 10.2. The number of nitrogens with two attached hydrogens (primary N) is 1. The summed E-state index contributed by atoms with van der Waals surface area (Å²) in [5.41, 5.74) is 8.16. The van der Waals surface area contributed by atoms with E-state index < -0.39 is 0 Å². The molecular formula is C16H16N4O. The van der Waals surface area contributed by atoms with Crippen LogP contribution in [0.2, 0.25) is 0 Å². The molecule has 0 aliphatic carbocycles. The third-order valence-electron chi connectivity index (χ3n) is 3.37. The first-order valence-electron chi connectivity index (χ1n) is 6.78.